The molecule has 0 spiro atoms. The number of oxime groups is 1. The van der Waals surface area contributed by atoms with Crippen LogP contribution in [0.3, 0.4) is 0 Å². The molecule has 1 saturated heterocycles. The molecule has 9 heteroatoms. The van der Waals surface area contributed by atoms with Gasteiger partial charge in [-0.2, -0.15) is 0 Å². The van der Waals surface area contributed by atoms with Crippen molar-refractivity contribution in [3.8, 4) is 11.1 Å². The molecular formula is C32H37N3O6. The van der Waals surface area contributed by atoms with Crippen molar-refractivity contribution in [2.24, 2.45) is 10.6 Å². The molecule has 0 unspecified atom stereocenters. The summed E-state index contributed by atoms with van der Waals surface area (Å²) in [5, 5.41) is 7.36. The van der Waals surface area contributed by atoms with Gasteiger partial charge in [0.2, 0.25) is 5.91 Å². The van der Waals surface area contributed by atoms with Gasteiger partial charge >= 0.3 is 12.1 Å². The summed E-state index contributed by atoms with van der Waals surface area (Å²) >= 11 is 0. The maximum Gasteiger partial charge on any atom is 0.407 e. The Hall–Kier alpha value is -4.14. The molecule has 9 nitrogen and oxygen atoms in total. The Morgan fingerprint density at radius 2 is 1.80 bits per heavy atom. The first-order chi connectivity index (χ1) is 19.7. The number of carbonyl (C=O) groups is 3. The summed E-state index contributed by atoms with van der Waals surface area (Å²) in [7, 11) is 1.29. The molecule has 0 aromatic heterocycles. The molecule has 2 aromatic rings. The monoisotopic (exact) mass is 559 g/mol. The number of cyclic esters (lactones) is 1. The Kier molecular flexibility index (Phi) is 8.15. The second-order valence-electron chi connectivity index (χ2n) is 11.8. The minimum absolute atomic E-state index is 0.121. The summed E-state index contributed by atoms with van der Waals surface area (Å²) in [6.45, 7) is 5.93. The van der Waals surface area contributed by atoms with Gasteiger partial charge in [0.25, 0.3) is 0 Å². The molecule has 1 fully saturated rings. The molecule has 1 N–H and O–H groups in total. The zero-order valence-corrected chi connectivity index (χ0v) is 24.0. The van der Waals surface area contributed by atoms with Crippen LogP contribution in [-0.4, -0.2) is 67.0 Å². The number of nitrogens with zero attached hydrogens (tertiary/aromatic N) is 2. The molecular weight excluding hydrogens is 522 g/mol. The van der Waals surface area contributed by atoms with E-state index in [0.29, 0.717) is 6.42 Å². The summed E-state index contributed by atoms with van der Waals surface area (Å²) in [4.78, 5) is 46.8. The largest absolute Gasteiger partial charge is 0.467 e. The van der Waals surface area contributed by atoms with Gasteiger partial charge < -0.3 is 24.5 Å². The maximum atomic E-state index is 13.9. The average Bonchev–Trinajstić information content (AvgIpc) is 3.51. The highest BCUT2D eigenvalue weighted by molar-refractivity contribution is 6.24. The molecule has 3 aliphatic rings. The normalized spacial score (nSPS) is 23.1. The quantitative estimate of drug-likeness (QED) is 0.425. The molecule has 0 saturated carbocycles. The number of methoxy groups -OCH3 is 1. The fourth-order valence-electron chi connectivity index (χ4n) is 5.59. The first-order valence-electron chi connectivity index (χ1n) is 14.1. The molecule has 2 aliphatic heterocycles. The number of alkyl carbamates (subject to hydrolysis) is 1. The van der Waals surface area contributed by atoms with Crippen LogP contribution < -0.4 is 5.32 Å². The Morgan fingerprint density at radius 1 is 1.05 bits per heavy atom. The number of benzene rings is 2. The van der Waals surface area contributed by atoms with Gasteiger partial charge in [-0.3, -0.25) is 4.79 Å². The Balaban J connectivity index is 1.51. The van der Waals surface area contributed by atoms with Gasteiger partial charge in [-0.15, -0.1) is 0 Å². The van der Waals surface area contributed by atoms with Gasteiger partial charge in [0.15, 0.2) is 0 Å². The van der Waals surface area contributed by atoms with Gasteiger partial charge in [0, 0.05) is 17.5 Å². The van der Waals surface area contributed by atoms with Crippen molar-refractivity contribution >= 4 is 29.8 Å². The number of allylic oxidation sites excluding steroid dienone is 1. The van der Waals surface area contributed by atoms with Gasteiger partial charge in [0.1, 0.15) is 23.9 Å². The van der Waals surface area contributed by atoms with Gasteiger partial charge in [0.05, 0.1) is 20.3 Å². The second kappa shape index (κ2) is 11.8. The number of ether oxygens (including phenoxy) is 2. The minimum Gasteiger partial charge on any atom is -0.467 e. The molecule has 1 aliphatic carbocycles. The summed E-state index contributed by atoms with van der Waals surface area (Å²) in [6, 6.07) is 12.6. The molecule has 2 aromatic carbocycles. The summed E-state index contributed by atoms with van der Waals surface area (Å²) in [5.41, 5.74) is 5.23. The van der Waals surface area contributed by atoms with Crippen LogP contribution in [0.4, 0.5) is 4.79 Å². The molecule has 216 valence electrons. The fraction of sp³-hybridized carbons (Fsp3) is 0.438. The predicted octanol–water partition coefficient (Wildman–Crippen LogP) is 4.92. The van der Waals surface area contributed by atoms with Crippen LogP contribution in [0.15, 0.2) is 53.7 Å². The molecule has 5 rings (SSSR count). The van der Waals surface area contributed by atoms with Crippen molar-refractivity contribution in [2.75, 3.05) is 20.3 Å². The minimum atomic E-state index is -0.923. The van der Waals surface area contributed by atoms with E-state index in [1.165, 1.54) is 12.0 Å². The van der Waals surface area contributed by atoms with E-state index in [0.717, 1.165) is 46.4 Å². The lowest BCUT2D eigenvalue weighted by atomic mass is 9.85. The number of hydrogen-bond acceptors (Lipinski definition) is 7. The van der Waals surface area contributed by atoms with Crippen LogP contribution in [0.25, 0.3) is 17.2 Å². The van der Waals surface area contributed by atoms with Crippen molar-refractivity contribution < 1.29 is 28.7 Å². The third kappa shape index (κ3) is 5.99. The van der Waals surface area contributed by atoms with Crippen molar-refractivity contribution in [3.63, 3.8) is 0 Å². The van der Waals surface area contributed by atoms with Crippen LogP contribution in [0.1, 0.15) is 63.1 Å². The van der Waals surface area contributed by atoms with E-state index >= 15 is 0 Å². The molecule has 2 amide bonds. The van der Waals surface area contributed by atoms with Crippen molar-refractivity contribution in [2.45, 2.75) is 64.6 Å². The van der Waals surface area contributed by atoms with E-state index in [2.05, 4.69) is 46.9 Å². The van der Waals surface area contributed by atoms with E-state index < -0.39 is 41.6 Å². The van der Waals surface area contributed by atoms with Crippen LogP contribution in [0, 0.1) is 5.41 Å². The van der Waals surface area contributed by atoms with Crippen LogP contribution >= 0.6 is 0 Å². The third-order valence-electron chi connectivity index (χ3n) is 7.77. The zero-order chi connectivity index (χ0) is 29.1. The van der Waals surface area contributed by atoms with Gasteiger partial charge in [-0.25, -0.2) is 9.59 Å². The lowest BCUT2D eigenvalue weighted by Gasteiger charge is -2.34. The highest BCUT2D eigenvalue weighted by atomic mass is 16.6. The third-order valence-corrected chi connectivity index (χ3v) is 7.77. The number of hydrogen-bond donors (Lipinski definition) is 1. The van der Waals surface area contributed by atoms with Crippen molar-refractivity contribution in [1.29, 1.82) is 0 Å². The first-order valence-corrected chi connectivity index (χ1v) is 14.1. The summed E-state index contributed by atoms with van der Waals surface area (Å²) in [6.07, 6.45) is 5.58. The molecule has 3 atom stereocenters. The van der Waals surface area contributed by atoms with E-state index in [4.69, 9.17) is 14.3 Å². The van der Waals surface area contributed by atoms with Gasteiger partial charge in [-0.1, -0.05) is 74.5 Å². The molecule has 4 bridgehead atoms. The lowest BCUT2D eigenvalue weighted by Crippen LogP contribution is -2.57. The highest BCUT2D eigenvalue weighted by Crippen LogP contribution is 2.38. The van der Waals surface area contributed by atoms with E-state index in [1.807, 2.05) is 39.0 Å². The topological polar surface area (TPSA) is 107 Å². The lowest BCUT2D eigenvalue weighted by molar-refractivity contribution is -0.152. The van der Waals surface area contributed by atoms with Crippen molar-refractivity contribution in [1.82, 2.24) is 10.2 Å². The van der Waals surface area contributed by atoms with Crippen molar-refractivity contribution in [3.05, 3.63) is 65.2 Å². The number of esters is 1. The first kappa shape index (κ1) is 28.4. The van der Waals surface area contributed by atoms with E-state index in [1.54, 1.807) is 0 Å². The maximum absolute atomic E-state index is 13.9. The fourth-order valence-corrected chi connectivity index (χ4v) is 5.59. The summed E-state index contributed by atoms with van der Waals surface area (Å²) < 4.78 is 10.4. The smallest absolute Gasteiger partial charge is 0.407 e. The van der Waals surface area contributed by atoms with Crippen LogP contribution in [0.5, 0.6) is 0 Å². The standard InChI is InChI=1S/C32H37N3O6/c1-32(2,3)28-29(36)35-19-21(18-26(35)30(37)39-4)41-34-27-24-13-9-8-12-22(24)23-15-14-20(17-25(23)27)11-7-5-6-10-16-40-31(38)33-28/h7-9,11-15,17,21,26,28H,5-6,10,16,18-19H2,1-4H3,(H,33,38)/t21-,26+,28-/m1/s1. The zero-order valence-electron chi connectivity index (χ0n) is 24.0. The number of rotatable bonds is 1. The van der Waals surface area contributed by atoms with Crippen LogP contribution in [-0.2, 0) is 23.9 Å². The predicted molar refractivity (Wildman–Crippen MR) is 155 cm³/mol. The number of fused-ring (bicyclic) bond motifs is 6. The highest BCUT2D eigenvalue weighted by Gasteiger charge is 2.46. The summed E-state index contributed by atoms with van der Waals surface area (Å²) in [5.74, 6) is -0.942. The van der Waals surface area contributed by atoms with Gasteiger partial charge in [-0.05, 0) is 47.4 Å². The number of carbonyl (C=O) groups excluding carboxylic acids is 3. The Morgan fingerprint density at radius 3 is 2.56 bits per heavy atom. The SMILES string of the molecule is COC(=O)[C@@H]1C[C@@H]2CN1C(=O)[C@H](C(C)(C)C)NC(=O)OCCCCC=Cc1ccc3c(c1)C(=NO2)c1ccccc1-3. The van der Waals surface area contributed by atoms with Crippen LogP contribution in [0.2, 0.25) is 0 Å². The molecule has 41 heavy (non-hydrogen) atoms. The Labute approximate surface area is 240 Å². The number of nitrogens with one attached hydrogen (secondary N) is 1. The van der Waals surface area contributed by atoms with E-state index in [-0.39, 0.29) is 19.6 Å². The number of amides is 2. The second-order valence-corrected chi connectivity index (χ2v) is 11.8. The molecule has 2 heterocycles. The average molecular weight is 560 g/mol. The molecule has 0 radical (unpaired) electrons. The van der Waals surface area contributed by atoms with E-state index in [9.17, 15) is 14.4 Å². The Bertz CT molecular complexity index is 1390.